The Balaban J connectivity index is 2.21. The fraction of sp³-hybridized carbons (Fsp3) is 0.333. The molecule has 1 saturated carbocycles. The summed E-state index contributed by atoms with van der Waals surface area (Å²) in [5, 5.41) is 0. The number of methoxy groups -OCH3 is 1. The monoisotopic (exact) mass is 220 g/mol. The zero-order valence-corrected chi connectivity index (χ0v) is 8.93. The van der Waals surface area contributed by atoms with Crippen LogP contribution in [-0.4, -0.2) is 25.0 Å². The van der Waals surface area contributed by atoms with Gasteiger partial charge in [-0.25, -0.2) is 4.79 Å². The van der Waals surface area contributed by atoms with Gasteiger partial charge in [0.05, 0.1) is 12.7 Å². The molecule has 0 aromatic heterocycles. The summed E-state index contributed by atoms with van der Waals surface area (Å²) in [5.41, 5.74) is -0.425. The summed E-state index contributed by atoms with van der Waals surface area (Å²) in [6, 6.07) is 6.83. The smallest absolute Gasteiger partial charge is 0.350 e. The SMILES string of the molecule is COC(=O)C1(Oc2ccccc2C=O)CC1. The quantitative estimate of drug-likeness (QED) is 0.571. The van der Waals surface area contributed by atoms with Crippen molar-refractivity contribution in [2.24, 2.45) is 0 Å². The maximum absolute atomic E-state index is 11.5. The van der Waals surface area contributed by atoms with Crippen molar-refractivity contribution in [3.05, 3.63) is 29.8 Å². The number of hydrogen-bond donors (Lipinski definition) is 0. The first-order chi connectivity index (χ1) is 7.72. The Kier molecular flexibility index (Phi) is 2.64. The largest absolute Gasteiger partial charge is 0.475 e. The minimum absolute atomic E-state index is 0.381. The van der Waals surface area contributed by atoms with Crippen LogP contribution in [-0.2, 0) is 9.53 Å². The maximum Gasteiger partial charge on any atom is 0.350 e. The third kappa shape index (κ3) is 1.78. The molecule has 0 spiro atoms. The summed E-state index contributed by atoms with van der Waals surface area (Å²) in [6.07, 6.45) is 1.97. The van der Waals surface area contributed by atoms with E-state index in [1.807, 2.05) is 0 Å². The van der Waals surface area contributed by atoms with E-state index >= 15 is 0 Å². The van der Waals surface area contributed by atoms with Crippen molar-refractivity contribution in [3.8, 4) is 5.75 Å². The topological polar surface area (TPSA) is 52.6 Å². The van der Waals surface area contributed by atoms with Crippen LogP contribution < -0.4 is 4.74 Å². The molecule has 0 N–H and O–H groups in total. The second-order valence-electron chi connectivity index (χ2n) is 3.74. The summed E-state index contributed by atoms with van der Waals surface area (Å²) in [6.45, 7) is 0. The van der Waals surface area contributed by atoms with Crippen LogP contribution in [0.5, 0.6) is 5.75 Å². The fourth-order valence-electron chi connectivity index (χ4n) is 1.53. The van der Waals surface area contributed by atoms with Crippen molar-refractivity contribution < 1.29 is 19.1 Å². The molecule has 2 rings (SSSR count). The molecular formula is C12H12O4. The molecule has 0 aliphatic heterocycles. The third-order valence-electron chi connectivity index (χ3n) is 2.61. The molecule has 0 saturated heterocycles. The Morgan fingerprint density at radius 1 is 1.38 bits per heavy atom. The van der Waals surface area contributed by atoms with Crippen LogP contribution in [0.2, 0.25) is 0 Å². The van der Waals surface area contributed by atoms with Gasteiger partial charge in [-0.15, -0.1) is 0 Å². The summed E-state index contributed by atoms with van der Waals surface area (Å²) in [4.78, 5) is 22.2. The summed E-state index contributed by atoms with van der Waals surface area (Å²) in [5.74, 6) is 0.0496. The van der Waals surface area contributed by atoms with E-state index in [1.165, 1.54) is 7.11 Å². The first-order valence-electron chi connectivity index (χ1n) is 5.03. The van der Waals surface area contributed by atoms with E-state index < -0.39 is 5.60 Å². The predicted molar refractivity (Wildman–Crippen MR) is 56.4 cm³/mol. The Labute approximate surface area is 93.2 Å². The van der Waals surface area contributed by atoms with E-state index in [9.17, 15) is 9.59 Å². The number of hydrogen-bond acceptors (Lipinski definition) is 4. The molecule has 1 aromatic rings. The van der Waals surface area contributed by atoms with E-state index in [-0.39, 0.29) is 5.97 Å². The molecule has 84 valence electrons. The molecule has 1 aromatic carbocycles. The van der Waals surface area contributed by atoms with Gasteiger partial charge in [-0.1, -0.05) is 12.1 Å². The van der Waals surface area contributed by atoms with Crippen LogP contribution in [0.25, 0.3) is 0 Å². The van der Waals surface area contributed by atoms with E-state index in [0.717, 1.165) is 0 Å². The average molecular weight is 220 g/mol. The number of esters is 1. The van der Waals surface area contributed by atoms with Crippen LogP contribution in [0.15, 0.2) is 24.3 Å². The lowest BCUT2D eigenvalue weighted by atomic mass is 10.2. The summed E-state index contributed by atoms with van der Waals surface area (Å²) >= 11 is 0. The number of para-hydroxylation sites is 1. The van der Waals surface area contributed by atoms with Gasteiger partial charge in [-0.05, 0) is 12.1 Å². The second-order valence-corrected chi connectivity index (χ2v) is 3.74. The Morgan fingerprint density at radius 3 is 2.62 bits per heavy atom. The highest BCUT2D eigenvalue weighted by Gasteiger charge is 2.54. The van der Waals surface area contributed by atoms with Gasteiger partial charge in [0.1, 0.15) is 5.75 Å². The van der Waals surface area contributed by atoms with Gasteiger partial charge in [0.2, 0.25) is 5.60 Å². The Bertz CT molecular complexity index is 421. The number of rotatable bonds is 4. The van der Waals surface area contributed by atoms with Crippen molar-refractivity contribution >= 4 is 12.3 Å². The molecule has 1 aliphatic rings. The minimum atomic E-state index is -0.867. The lowest BCUT2D eigenvalue weighted by Crippen LogP contribution is -2.31. The summed E-state index contributed by atoms with van der Waals surface area (Å²) < 4.78 is 10.3. The highest BCUT2D eigenvalue weighted by atomic mass is 16.6. The third-order valence-corrected chi connectivity index (χ3v) is 2.61. The zero-order chi connectivity index (χ0) is 11.6. The highest BCUT2D eigenvalue weighted by molar-refractivity contribution is 5.84. The van der Waals surface area contributed by atoms with Crippen LogP contribution in [0, 0.1) is 0 Å². The molecule has 4 heteroatoms. The van der Waals surface area contributed by atoms with Gasteiger partial charge < -0.3 is 9.47 Å². The number of benzene rings is 1. The van der Waals surface area contributed by atoms with Gasteiger partial charge in [0, 0.05) is 12.8 Å². The first-order valence-corrected chi connectivity index (χ1v) is 5.03. The molecule has 1 aliphatic carbocycles. The normalized spacial score (nSPS) is 16.3. The van der Waals surface area contributed by atoms with E-state index in [4.69, 9.17) is 4.74 Å². The Morgan fingerprint density at radius 2 is 2.06 bits per heavy atom. The molecule has 4 nitrogen and oxygen atoms in total. The van der Waals surface area contributed by atoms with Crippen LogP contribution in [0.4, 0.5) is 0 Å². The van der Waals surface area contributed by atoms with Crippen molar-refractivity contribution in [1.82, 2.24) is 0 Å². The minimum Gasteiger partial charge on any atom is -0.475 e. The second kappa shape index (κ2) is 3.96. The van der Waals surface area contributed by atoms with Gasteiger partial charge >= 0.3 is 5.97 Å². The molecule has 0 atom stereocenters. The highest BCUT2D eigenvalue weighted by Crippen LogP contribution is 2.41. The van der Waals surface area contributed by atoms with Crippen LogP contribution >= 0.6 is 0 Å². The lowest BCUT2D eigenvalue weighted by Gasteiger charge is -2.16. The van der Waals surface area contributed by atoms with Crippen LogP contribution in [0.1, 0.15) is 23.2 Å². The molecule has 0 heterocycles. The number of carbonyl (C=O) groups is 2. The Hall–Kier alpha value is -1.84. The molecule has 0 unspecified atom stereocenters. The number of ether oxygens (including phenoxy) is 2. The lowest BCUT2D eigenvalue weighted by molar-refractivity contribution is -0.151. The van der Waals surface area contributed by atoms with Crippen molar-refractivity contribution in [1.29, 1.82) is 0 Å². The molecular weight excluding hydrogens is 208 g/mol. The van der Waals surface area contributed by atoms with Crippen molar-refractivity contribution in [2.75, 3.05) is 7.11 Å². The van der Waals surface area contributed by atoms with E-state index in [2.05, 4.69) is 4.74 Å². The molecule has 16 heavy (non-hydrogen) atoms. The molecule has 0 radical (unpaired) electrons. The van der Waals surface area contributed by atoms with Crippen LogP contribution in [0.3, 0.4) is 0 Å². The van der Waals surface area contributed by atoms with E-state index in [1.54, 1.807) is 24.3 Å². The van der Waals surface area contributed by atoms with Crippen molar-refractivity contribution in [3.63, 3.8) is 0 Å². The molecule has 1 fully saturated rings. The molecule has 0 amide bonds. The predicted octanol–water partition coefficient (Wildman–Crippen LogP) is 1.58. The van der Waals surface area contributed by atoms with Gasteiger partial charge in [-0.3, -0.25) is 4.79 Å². The first kappa shape index (κ1) is 10.7. The maximum atomic E-state index is 11.5. The van der Waals surface area contributed by atoms with Crippen molar-refractivity contribution in [2.45, 2.75) is 18.4 Å². The average Bonchev–Trinajstić information content (AvgIpc) is 3.10. The zero-order valence-electron chi connectivity index (χ0n) is 8.93. The van der Waals surface area contributed by atoms with E-state index in [0.29, 0.717) is 30.4 Å². The van der Waals surface area contributed by atoms with Gasteiger partial charge in [-0.2, -0.15) is 0 Å². The standard InChI is InChI=1S/C12H12O4/c1-15-11(14)12(6-7-12)16-10-5-3-2-4-9(10)8-13/h2-5,8H,6-7H2,1H3. The van der Waals surface area contributed by atoms with Gasteiger partial charge in [0.25, 0.3) is 0 Å². The number of aldehydes is 1. The molecule has 0 bridgehead atoms. The number of carbonyl (C=O) groups excluding carboxylic acids is 2. The van der Waals surface area contributed by atoms with Gasteiger partial charge in [0.15, 0.2) is 6.29 Å². The fourth-order valence-corrected chi connectivity index (χ4v) is 1.53. The summed E-state index contributed by atoms with van der Waals surface area (Å²) in [7, 11) is 1.33.